The summed E-state index contributed by atoms with van der Waals surface area (Å²) in [6, 6.07) is 1.59. The summed E-state index contributed by atoms with van der Waals surface area (Å²) in [5.74, 6) is 1.24. The number of sulfone groups is 1. The molecule has 0 atom stereocenters. The molecule has 1 aliphatic rings. The van der Waals surface area contributed by atoms with E-state index in [1.165, 1.54) is 0 Å². The Bertz CT molecular complexity index is 467. The lowest BCUT2D eigenvalue weighted by Crippen LogP contribution is -2.40. The van der Waals surface area contributed by atoms with Gasteiger partial charge in [0.05, 0.1) is 11.5 Å². The zero-order valence-corrected chi connectivity index (χ0v) is 9.44. The van der Waals surface area contributed by atoms with E-state index in [0.29, 0.717) is 18.9 Å². The Labute approximate surface area is 93.4 Å². The maximum absolute atomic E-state index is 11.3. The summed E-state index contributed by atoms with van der Waals surface area (Å²) in [5.41, 5.74) is 11.0. The Hall–Kier alpha value is -1.57. The Morgan fingerprint density at radius 2 is 1.81 bits per heavy atom. The van der Waals surface area contributed by atoms with E-state index in [1.807, 2.05) is 4.90 Å². The van der Waals surface area contributed by atoms with E-state index in [2.05, 4.69) is 9.97 Å². The highest BCUT2D eigenvalue weighted by Crippen LogP contribution is 2.17. The van der Waals surface area contributed by atoms with Crippen LogP contribution in [0.25, 0.3) is 0 Å². The maximum atomic E-state index is 11.3. The highest BCUT2D eigenvalue weighted by Gasteiger charge is 2.22. The lowest BCUT2D eigenvalue weighted by atomic mass is 10.4. The molecule has 4 N–H and O–H groups in total. The van der Waals surface area contributed by atoms with Crippen molar-refractivity contribution in [3.05, 3.63) is 6.07 Å². The number of aromatic nitrogens is 2. The molecule has 0 radical (unpaired) electrons. The van der Waals surface area contributed by atoms with Crippen molar-refractivity contribution >= 4 is 27.4 Å². The number of nitrogen functional groups attached to an aromatic ring is 2. The van der Waals surface area contributed by atoms with Crippen LogP contribution in [-0.2, 0) is 9.84 Å². The molecule has 0 aliphatic carbocycles. The summed E-state index contributed by atoms with van der Waals surface area (Å²) in [6.45, 7) is 0.830. The summed E-state index contributed by atoms with van der Waals surface area (Å²) in [7, 11) is -2.89. The predicted octanol–water partition coefficient (Wildman–Crippen LogP) is -1.12. The van der Waals surface area contributed by atoms with Crippen LogP contribution in [0.1, 0.15) is 0 Å². The van der Waals surface area contributed by atoms with Crippen molar-refractivity contribution in [3.63, 3.8) is 0 Å². The molecule has 0 bridgehead atoms. The van der Waals surface area contributed by atoms with Gasteiger partial charge in [-0.15, -0.1) is 0 Å². The van der Waals surface area contributed by atoms with Crippen molar-refractivity contribution in [3.8, 4) is 0 Å². The fourth-order valence-electron chi connectivity index (χ4n) is 1.57. The smallest absolute Gasteiger partial charge is 0.223 e. The standard InChI is InChI=1S/C8H13N5O2S/c9-6-5-7(12-8(10)11-6)13-1-3-16(14,15)4-2-13/h5H,1-4H2,(H4,9,10,11,12). The van der Waals surface area contributed by atoms with E-state index < -0.39 is 9.84 Å². The van der Waals surface area contributed by atoms with Gasteiger partial charge in [-0.1, -0.05) is 0 Å². The topological polar surface area (TPSA) is 115 Å². The molecule has 1 aromatic heterocycles. The van der Waals surface area contributed by atoms with Crippen LogP contribution in [0.2, 0.25) is 0 Å². The maximum Gasteiger partial charge on any atom is 0.223 e. The van der Waals surface area contributed by atoms with E-state index in [-0.39, 0.29) is 23.3 Å². The van der Waals surface area contributed by atoms with Crippen LogP contribution in [0.15, 0.2) is 6.07 Å². The number of rotatable bonds is 1. The SMILES string of the molecule is Nc1cc(N2CCS(=O)(=O)CC2)nc(N)n1. The molecule has 8 heteroatoms. The Morgan fingerprint density at radius 1 is 1.19 bits per heavy atom. The van der Waals surface area contributed by atoms with Crippen LogP contribution in [0, 0.1) is 0 Å². The molecule has 1 aliphatic heterocycles. The van der Waals surface area contributed by atoms with Crippen molar-refractivity contribution in [2.24, 2.45) is 0 Å². The number of nitrogens with two attached hydrogens (primary N) is 2. The fourth-order valence-corrected chi connectivity index (χ4v) is 2.78. The van der Waals surface area contributed by atoms with Gasteiger partial charge in [0, 0.05) is 19.2 Å². The average molecular weight is 243 g/mol. The van der Waals surface area contributed by atoms with Crippen molar-refractivity contribution in [1.82, 2.24) is 9.97 Å². The predicted molar refractivity (Wildman–Crippen MR) is 61.7 cm³/mol. The first-order valence-corrected chi connectivity index (χ1v) is 6.64. The summed E-state index contributed by atoms with van der Waals surface area (Å²) in [5, 5.41) is 0. The zero-order valence-electron chi connectivity index (χ0n) is 8.63. The molecule has 88 valence electrons. The second-order valence-corrected chi connectivity index (χ2v) is 5.95. The van der Waals surface area contributed by atoms with Crippen LogP contribution < -0.4 is 16.4 Å². The van der Waals surface area contributed by atoms with Gasteiger partial charge in [-0.3, -0.25) is 0 Å². The molecule has 0 amide bonds. The van der Waals surface area contributed by atoms with Crippen molar-refractivity contribution in [2.75, 3.05) is 41.0 Å². The van der Waals surface area contributed by atoms with Gasteiger partial charge in [0.2, 0.25) is 5.95 Å². The van der Waals surface area contributed by atoms with E-state index in [1.54, 1.807) is 6.07 Å². The fraction of sp³-hybridized carbons (Fsp3) is 0.500. The summed E-state index contributed by atoms with van der Waals surface area (Å²) in [4.78, 5) is 9.62. The summed E-state index contributed by atoms with van der Waals surface area (Å²) in [6.07, 6.45) is 0. The van der Waals surface area contributed by atoms with E-state index >= 15 is 0 Å². The van der Waals surface area contributed by atoms with Crippen LogP contribution >= 0.6 is 0 Å². The molecule has 0 saturated carbocycles. The molecular formula is C8H13N5O2S. The molecular weight excluding hydrogens is 230 g/mol. The highest BCUT2D eigenvalue weighted by molar-refractivity contribution is 7.91. The number of hydrogen-bond acceptors (Lipinski definition) is 7. The van der Waals surface area contributed by atoms with Gasteiger partial charge >= 0.3 is 0 Å². The van der Waals surface area contributed by atoms with Gasteiger partial charge in [-0.05, 0) is 0 Å². The molecule has 7 nitrogen and oxygen atoms in total. The van der Waals surface area contributed by atoms with Gasteiger partial charge in [0.1, 0.15) is 11.6 Å². The van der Waals surface area contributed by atoms with Gasteiger partial charge in [-0.25, -0.2) is 8.42 Å². The molecule has 1 fully saturated rings. The molecule has 0 aromatic carbocycles. The quantitative estimate of drug-likeness (QED) is 0.641. The highest BCUT2D eigenvalue weighted by atomic mass is 32.2. The number of hydrogen-bond donors (Lipinski definition) is 2. The van der Waals surface area contributed by atoms with Crippen molar-refractivity contribution in [2.45, 2.75) is 0 Å². The minimum Gasteiger partial charge on any atom is -0.383 e. The second-order valence-electron chi connectivity index (χ2n) is 3.65. The third-order valence-electron chi connectivity index (χ3n) is 2.42. The first-order valence-electron chi connectivity index (χ1n) is 4.82. The second kappa shape index (κ2) is 3.78. The Balaban J connectivity index is 2.20. The molecule has 16 heavy (non-hydrogen) atoms. The van der Waals surface area contributed by atoms with Gasteiger partial charge in [0.15, 0.2) is 9.84 Å². The largest absolute Gasteiger partial charge is 0.383 e. The van der Waals surface area contributed by atoms with Crippen LogP contribution in [0.4, 0.5) is 17.6 Å². The van der Waals surface area contributed by atoms with Crippen LogP contribution in [-0.4, -0.2) is 43.0 Å². The number of nitrogens with zero attached hydrogens (tertiary/aromatic N) is 3. The zero-order chi connectivity index (χ0) is 11.8. The lowest BCUT2D eigenvalue weighted by Gasteiger charge is -2.27. The van der Waals surface area contributed by atoms with Crippen LogP contribution in [0.5, 0.6) is 0 Å². The van der Waals surface area contributed by atoms with E-state index in [4.69, 9.17) is 11.5 Å². The first-order chi connectivity index (χ1) is 7.46. The van der Waals surface area contributed by atoms with Gasteiger partial charge < -0.3 is 16.4 Å². The van der Waals surface area contributed by atoms with E-state index in [0.717, 1.165) is 0 Å². The summed E-state index contributed by atoms with van der Waals surface area (Å²) < 4.78 is 22.5. The van der Waals surface area contributed by atoms with Gasteiger partial charge in [-0.2, -0.15) is 9.97 Å². The summed E-state index contributed by atoms with van der Waals surface area (Å²) >= 11 is 0. The molecule has 0 spiro atoms. The molecule has 1 saturated heterocycles. The minimum atomic E-state index is -2.89. The lowest BCUT2D eigenvalue weighted by molar-refractivity contribution is 0.586. The first kappa shape index (κ1) is 10.9. The van der Waals surface area contributed by atoms with Crippen molar-refractivity contribution < 1.29 is 8.42 Å². The van der Waals surface area contributed by atoms with Crippen molar-refractivity contribution in [1.29, 1.82) is 0 Å². The van der Waals surface area contributed by atoms with Gasteiger partial charge in [0.25, 0.3) is 0 Å². The Morgan fingerprint density at radius 3 is 2.38 bits per heavy atom. The monoisotopic (exact) mass is 243 g/mol. The third-order valence-corrected chi connectivity index (χ3v) is 4.03. The average Bonchev–Trinajstić information content (AvgIpc) is 2.15. The van der Waals surface area contributed by atoms with Crippen LogP contribution in [0.3, 0.4) is 0 Å². The third kappa shape index (κ3) is 2.32. The normalized spacial score (nSPS) is 19.6. The molecule has 2 heterocycles. The molecule has 2 rings (SSSR count). The number of anilines is 3. The minimum absolute atomic E-state index is 0.100. The molecule has 0 unspecified atom stereocenters. The molecule has 1 aromatic rings. The van der Waals surface area contributed by atoms with E-state index in [9.17, 15) is 8.42 Å². The Kier molecular flexibility index (Phi) is 2.58.